The molecule has 0 aliphatic carbocycles. The second kappa shape index (κ2) is 5.29. The van der Waals surface area contributed by atoms with Crippen LogP contribution in [0.15, 0.2) is 17.3 Å². The van der Waals surface area contributed by atoms with Crippen LogP contribution in [0.3, 0.4) is 0 Å². The van der Waals surface area contributed by atoms with Crippen molar-refractivity contribution in [2.24, 2.45) is 18.0 Å². The predicted molar refractivity (Wildman–Crippen MR) is 85.1 cm³/mol. The first kappa shape index (κ1) is 15.9. The Labute approximate surface area is 137 Å². The third kappa shape index (κ3) is 2.38. The van der Waals surface area contributed by atoms with Gasteiger partial charge in [0.1, 0.15) is 16.7 Å². The van der Waals surface area contributed by atoms with Gasteiger partial charge in [0.2, 0.25) is 0 Å². The van der Waals surface area contributed by atoms with Gasteiger partial charge in [-0.2, -0.15) is 5.10 Å². The molecule has 2 aromatic rings. The number of carboxylic acid groups (broad SMARTS) is 1. The number of pyridine rings is 1. The van der Waals surface area contributed by atoms with Crippen molar-refractivity contribution in [3.63, 3.8) is 0 Å². The number of amidine groups is 1. The van der Waals surface area contributed by atoms with Gasteiger partial charge >= 0.3 is 6.16 Å². The van der Waals surface area contributed by atoms with E-state index in [4.69, 9.17) is 9.84 Å². The van der Waals surface area contributed by atoms with Crippen LogP contribution >= 0.6 is 0 Å². The average molecular weight is 331 g/mol. The number of nitrogens with zero attached hydrogens (tertiary/aromatic N) is 4. The van der Waals surface area contributed by atoms with Crippen LogP contribution in [0.1, 0.15) is 26.5 Å². The number of amides is 1. The number of carbonyl (C=O) groups excluding carboxylic acids is 1. The van der Waals surface area contributed by atoms with Crippen molar-refractivity contribution in [2.75, 3.05) is 0 Å². The first-order valence-corrected chi connectivity index (χ1v) is 7.37. The Hall–Kier alpha value is -2.97. The lowest BCUT2D eigenvalue weighted by Gasteiger charge is -2.21. The van der Waals surface area contributed by atoms with Crippen LogP contribution in [0.25, 0.3) is 11.0 Å². The largest absolute Gasteiger partial charge is 0.511 e. The van der Waals surface area contributed by atoms with Gasteiger partial charge < -0.3 is 15.2 Å². The van der Waals surface area contributed by atoms with Crippen LogP contribution in [-0.4, -0.2) is 43.3 Å². The summed E-state index contributed by atoms with van der Waals surface area (Å²) in [5.74, 6) is -0.119. The lowest BCUT2D eigenvalue weighted by Crippen LogP contribution is -2.41. The van der Waals surface area contributed by atoms with E-state index in [0.717, 1.165) is 0 Å². The number of fused-ring (bicyclic) bond motifs is 1. The van der Waals surface area contributed by atoms with Gasteiger partial charge in [-0.3, -0.25) is 9.48 Å². The van der Waals surface area contributed by atoms with Crippen molar-refractivity contribution < 1.29 is 19.4 Å². The summed E-state index contributed by atoms with van der Waals surface area (Å²) in [4.78, 5) is 32.1. The number of hydrogen-bond acceptors (Lipinski definition) is 6. The summed E-state index contributed by atoms with van der Waals surface area (Å²) in [5, 5.41) is 15.7. The standard InChI is InChI=1S/C15H17N5O4/c1-7(2)15(3)13(21)18-12(19-15)11-10(24-14(22)23)5-9-8(17-11)6-16-20(9)4/h5-7H,1-4H3,(H,22,23)(H,18,19,21). The highest BCUT2D eigenvalue weighted by Gasteiger charge is 2.43. The van der Waals surface area contributed by atoms with Gasteiger partial charge in [-0.15, -0.1) is 0 Å². The Morgan fingerprint density at radius 2 is 2.17 bits per heavy atom. The first-order valence-electron chi connectivity index (χ1n) is 7.37. The zero-order valence-corrected chi connectivity index (χ0v) is 13.7. The zero-order chi connectivity index (χ0) is 17.6. The van der Waals surface area contributed by atoms with Gasteiger partial charge in [-0.05, 0) is 12.8 Å². The summed E-state index contributed by atoms with van der Waals surface area (Å²) in [7, 11) is 1.71. The molecule has 0 spiro atoms. The Bertz CT molecular complexity index is 885. The van der Waals surface area contributed by atoms with Crippen LogP contribution in [0.2, 0.25) is 0 Å². The van der Waals surface area contributed by atoms with Crippen LogP contribution < -0.4 is 10.1 Å². The second-order valence-electron chi connectivity index (χ2n) is 6.09. The SMILES string of the molecule is CC(C)C1(C)N=C(c2nc3cnn(C)c3cc2OC(=O)O)NC1=O. The predicted octanol–water partition coefficient (Wildman–Crippen LogP) is 1.32. The summed E-state index contributed by atoms with van der Waals surface area (Å²) in [6.45, 7) is 5.50. The lowest BCUT2D eigenvalue weighted by atomic mass is 9.89. The average Bonchev–Trinajstić information content (AvgIpc) is 3.00. The fourth-order valence-corrected chi connectivity index (χ4v) is 2.45. The number of hydrogen-bond donors (Lipinski definition) is 2. The van der Waals surface area contributed by atoms with Crippen molar-refractivity contribution in [3.05, 3.63) is 18.0 Å². The van der Waals surface area contributed by atoms with Crippen molar-refractivity contribution >= 4 is 28.9 Å². The van der Waals surface area contributed by atoms with E-state index in [9.17, 15) is 9.59 Å². The number of carbonyl (C=O) groups is 2. The third-order valence-electron chi connectivity index (χ3n) is 4.28. The monoisotopic (exact) mass is 331 g/mol. The van der Waals surface area contributed by atoms with Gasteiger partial charge in [0.25, 0.3) is 5.91 Å². The molecule has 1 unspecified atom stereocenters. The van der Waals surface area contributed by atoms with E-state index in [2.05, 4.69) is 20.4 Å². The number of rotatable bonds is 3. The fraction of sp³-hybridized carbons (Fsp3) is 0.400. The molecule has 2 aromatic heterocycles. The molecule has 9 nitrogen and oxygen atoms in total. The molecule has 1 atom stereocenters. The third-order valence-corrected chi connectivity index (χ3v) is 4.28. The Kier molecular flexibility index (Phi) is 3.51. The van der Waals surface area contributed by atoms with E-state index in [-0.39, 0.29) is 29.1 Å². The highest BCUT2D eigenvalue weighted by molar-refractivity contribution is 6.16. The molecule has 0 saturated heterocycles. The van der Waals surface area contributed by atoms with E-state index in [1.165, 1.54) is 6.07 Å². The number of aromatic nitrogens is 3. The minimum Gasteiger partial charge on any atom is -0.449 e. The highest BCUT2D eigenvalue weighted by Crippen LogP contribution is 2.30. The van der Waals surface area contributed by atoms with Gasteiger partial charge in [-0.1, -0.05) is 13.8 Å². The molecular weight excluding hydrogens is 314 g/mol. The molecule has 1 amide bonds. The molecule has 0 saturated carbocycles. The molecular formula is C15H17N5O4. The first-order chi connectivity index (χ1) is 11.2. The molecule has 3 rings (SSSR count). The Morgan fingerprint density at radius 1 is 1.46 bits per heavy atom. The number of aliphatic imine (C=N–C) groups is 1. The van der Waals surface area contributed by atoms with Crippen molar-refractivity contribution in [2.45, 2.75) is 26.3 Å². The summed E-state index contributed by atoms with van der Waals surface area (Å²) < 4.78 is 6.38. The number of ether oxygens (including phenoxy) is 1. The van der Waals surface area contributed by atoms with E-state index < -0.39 is 11.7 Å². The summed E-state index contributed by atoms with van der Waals surface area (Å²) in [6, 6.07) is 1.51. The maximum absolute atomic E-state index is 12.3. The summed E-state index contributed by atoms with van der Waals surface area (Å²) in [5.41, 5.74) is 0.365. The van der Waals surface area contributed by atoms with E-state index in [0.29, 0.717) is 11.0 Å². The molecule has 9 heteroatoms. The van der Waals surface area contributed by atoms with Crippen LogP contribution in [-0.2, 0) is 11.8 Å². The minimum absolute atomic E-state index is 0.00865. The molecule has 3 heterocycles. The van der Waals surface area contributed by atoms with Gasteiger partial charge in [0.15, 0.2) is 11.6 Å². The quantitative estimate of drug-likeness (QED) is 0.819. The zero-order valence-electron chi connectivity index (χ0n) is 13.7. The van der Waals surface area contributed by atoms with Crippen LogP contribution in [0.5, 0.6) is 5.75 Å². The molecule has 2 N–H and O–H groups in total. The maximum atomic E-state index is 12.3. The van der Waals surface area contributed by atoms with Crippen molar-refractivity contribution in [1.29, 1.82) is 0 Å². The Balaban J connectivity index is 2.18. The van der Waals surface area contributed by atoms with Gasteiger partial charge in [0.05, 0.1) is 11.7 Å². The molecule has 0 radical (unpaired) electrons. The summed E-state index contributed by atoms with van der Waals surface area (Å²) in [6.07, 6.45) is 0.0682. The molecule has 1 aliphatic heterocycles. The summed E-state index contributed by atoms with van der Waals surface area (Å²) >= 11 is 0. The van der Waals surface area contributed by atoms with Gasteiger partial charge in [-0.25, -0.2) is 14.8 Å². The molecule has 24 heavy (non-hydrogen) atoms. The molecule has 0 bridgehead atoms. The number of aryl methyl sites for hydroxylation is 1. The molecule has 126 valence electrons. The second-order valence-corrected chi connectivity index (χ2v) is 6.09. The van der Waals surface area contributed by atoms with Crippen molar-refractivity contribution in [3.8, 4) is 5.75 Å². The molecule has 0 aromatic carbocycles. The molecule has 0 fully saturated rings. The maximum Gasteiger partial charge on any atom is 0.511 e. The number of nitrogens with one attached hydrogen (secondary N) is 1. The van der Waals surface area contributed by atoms with Crippen LogP contribution in [0, 0.1) is 5.92 Å². The van der Waals surface area contributed by atoms with Gasteiger partial charge in [0, 0.05) is 13.1 Å². The van der Waals surface area contributed by atoms with E-state index in [1.807, 2.05) is 13.8 Å². The molecule has 1 aliphatic rings. The topological polar surface area (TPSA) is 119 Å². The van der Waals surface area contributed by atoms with Crippen molar-refractivity contribution in [1.82, 2.24) is 20.1 Å². The van der Waals surface area contributed by atoms with E-state index in [1.54, 1.807) is 24.9 Å². The normalized spacial score (nSPS) is 20.4. The fourth-order valence-electron chi connectivity index (χ4n) is 2.45. The minimum atomic E-state index is -1.48. The smallest absolute Gasteiger partial charge is 0.449 e. The Morgan fingerprint density at radius 3 is 2.75 bits per heavy atom. The lowest BCUT2D eigenvalue weighted by molar-refractivity contribution is -0.124. The van der Waals surface area contributed by atoms with E-state index >= 15 is 0 Å². The highest BCUT2D eigenvalue weighted by atomic mass is 16.7. The van der Waals surface area contributed by atoms with Crippen LogP contribution in [0.4, 0.5) is 4.79 Å².